The van der Waals surface area contributed by atoms with Gasteiger partial charge in [0.05, 0.1) is 12.2 Å². The van der Waals surface area contributed by atoms with Crippen molar-refractivity contribution in [1.29, 1.82) is 0 Å². The van der Waals surface area contributed by atoms with Crippen LogP contribution in [0.2, 0.25) is 0 Å². The fourth-order valence-electron chi connectivity index (χ4n) is 3.65. The molecule has 12 heteroatoms. The molecule has 1 saturated heterocycles. The molecular formula is C21H22O12. The van der Waals surface area contributed by atoms with Crippen molar-refractivity contribution in [2.45, 2.75) is 36.8 Å². The Kier molecular flexibility index (Phi) is 5.86. The highest BCUT2D eigenvalue weighted by atomic mass is 16.7. The number of aliphatic hydroxyl groups is 4. The third-order valence-electron chi connectivity index (χ3n) is 5.39. The summed E-state index contributed by atoms with van der Waals surface area (Å²) in [5.74, 6) is -2.95. The zero-order valence-electron chi connectivity index (χ0n) is 16.8. The van der Waals surface area contributed by atoms with Gasteiger partial charge in [-0.3, -0.25) is 0 Å². The van der Waals surface area contributed by atoms with Gasteiger partial charge in [-0.1, -0.05) is 0 Å². The molecule has 2 aromatic carbocycles. The second kappa shape index (κ2) is 8.50. The zero-order chi connectivity index (χ0) is 24.0. The molecule has 2 aromatic rings. The molecule has 2 aliphatic rings. The summed E-state index contributed by atoms with van der Waals surface area (Å²) in [6.45, 7) is -0.688. The molecule has 6 atom stereocenters. The number of ether oxygens (including phenoxy) is 3. The normalized spacial score (nSPS) is 29.0. The number of fused-ring (bicyclic) bond motifs is 1. The third kappa shape index (κ3) is 4.05. The van der Waals surface area contributed by atoms with E-state index in [0.717, 1.165) is 18.2 Å². The molecule has 2 aliphatic heterocycles. The molecule has 0 aromatic heterocycles. The summed E-state index contributed by atoms with van der Waals surface area (Å²) >= 11 is 0. The summed E-state index contributed by atoms with van der Waals surface area (Å²) < 4.78 is 16.9. The minimum absolute atomic E-state index is 0.00528. The van der Waals surface area contributed by atoms with E-state index in [1.165, 1.54) is 12.1 Å². The van der Waals surface area contributed by atoms with Crippen LogP contribution in [0.1, 0.15) is 17.2 Å². The monoisotopic (exact) mass is 466 g/mol. The molecule has 0 amide bonds. The van der Waals surface area contributed by atoms with Crippen LogP contribution in [0.25, 0.3) is 6.08 Å². The minimum atomic E-state index is -1.75. The van der Waals surface area contributed by atoms with Gasteiger partial charge in [-0.15, -0.1) is 0 Å². The Hall–Kier alpha value is -3.42. The Morgan fingerprint density at radius 2 is 1.48 bits per heavy atom. The van der Waals surface area contributed by atoms with E-state index in [9.17, 15) is 46.0 Å². The number of hydrogen-bond acceptors (Lipinski definition) is 12. The third-order valence-corrected chi connectivity index (χ3v) is 5.39. The van der Waals surface area contributed by atoms with Crippen LogP contribution in [-0.2, 0) is 9.47 Å². The highest BCUT2D eigenvalue weighted by Gasteiger charge is 2.46. The zero-order valence-corrected chi connectivity index (χ0v) is 16.8. The first kappa shape index (κ1) is 22.8. The Morgan fingerprint density at radius 3 is 2.12 bits per heavy atom. The number of aromatic hydroxyl groups is 5. The summed E-state index contributed by atoms with van der Waals surface area (Å²) in [6.07, 6.45) is -7.92. The number of rotatable bonds is 4. The average molecular weight is 466 g/mol. The Balaban J connectivity index is 1.76. The lowest BCUT2D eigenvalue weighted by Gasteiger charge is -2.41. The van der Waals surface area contributed by atoms with E-state index in [1.807, 2.05) is 0 Å². The maximum Gasteiger partial charge on any atom is 0.228 e. The Bertz CT molecular complexity index is 1060. The quantitative estimate of drug-likeness (QED) is 0.261. The van der Waals surface area contributed by atoms with Crippen LogP contribution in [0.3, 0.4) is 0 Å². The van der Waals surface area contributed by atoms with Gasteiger partial charge in [0.15, 0.2) is 23.4 Å². The van der Waals surface area contributed by atoms with Gasteiger partial charge in [-0.05, 0) is 18.2 Å². The van der Waals surface area contributed by atoms with Gasteiger partial charge in [0.25, 0.3) is 0 Å². The number of phenols is 5. The second-order valence-corrected chi connectivity index (χ2v) is 7.64. The number of benzene rings is 2. The fourth-order valence-corrected chi connectivity index (χ4v) is 3.65. The first-order valence-electron chi connectivity index (χ1n) is 9.77. The van der Waals surface area contributed by atoms with E-state index in [0.29, 0.717) is 0 Å². The van der Waals surface area contributed by atoms with Crippen molar-refractivity contribution in [2.24, 2.45) is 0 Å². The van der Waals surface area contributed by atoms with E-state index >= 15 is 0 Å². The first-order valence-corrected chi connectivity index (χ1v) is 9.77. The summed E-state index contributed by atoms with van der Waals surface area (Å²) in [7, 11) is 0. The molecule has 0 saturated carbocycles. The fraction of sp³-hybridized carbons (Fsp3) is 0.333. The highest BCUT2D eigenvalue weighted by molar-refractivity contribution is 5.70. The minimum Gasteiger partial charge on any atom is -0.508 e. The predicted molar refractivity (Wildman–Crippen MR) is 107 cm³/mol. The average Bonchev–Trinajstić information content (AvgIpc) is 2.77. The summed E-state index contributed by atoms with van der Waals surface area (Å²) in [5.41, 5.74) is 0.142. The lowest BCUT2D eigenvalue weighted by molar-refractivity contribution is -0.293. The standard InChI is InChI=1S/C21H22O12/c22-6-15-17(28)18(29)19(30)21(33-15)32-14-5-9-10(24)3-8(23)4-13(9)31-20(14)7-1-11(25)16(27)12(26)2-7/h1-5,15,17-30H,6H2. The molecule has 2 heterocycles. The van der Waals surface area contributed by atoms with Crippen LogP contribution >= 0.6 is 0 Å². The molecule has 1 fully saturated rings. The van der Waals surface area contributed by atoms with Crippen LogP contribution in [0.4, 0.5) is 0 Å². The maximum atomic E-state index is 10.3. The molecule has 0 bridgehead atoms. The summed E-state index contributed by atoms with van der Waals surface area (Å²) in [4.78, 5) is 0. The molecule has 33 heavy (non-hydrogen) atoms. The van der Waals surface area contributed by atoms with Gasteiger partial charge in [0.2, 0.25) is 6.29 Å². The Morgan fingerprint density at radius 1 is 0.818 bits per heavy atom. The van der Waals surface area contributed by atoms with Gasteiger partial charge >= 0.3 is 0 Å². The van der Waals surface area contributed by atoms with Crippen molar-refractivity contribution in [3.05, 3.63) is 41.2 Å². The molecule has 178 valence electrons. The van der Waals surface area contributed by atoms with Crippen LogP contribution in [0.15, 0.2) is 30.0 Å². The van der Waals surface area contributed by atoms with E-state index in [4.69, 9.17) is 14.2 Å². The van der Waals surface area contributed by atoms with E-state index in [-0.39, 0.29) is 34.1 Å². The van der Waals surface area contributed by atoms with Gasteiger partial charge < -0.3 is 60.2 Å². The van der Waals surface area contributed by atoms with Crippen molar-refractivity contribution in [3.63, 3.8) is 0 Å². The molecule has 4 rings (SSSR count). The van der Waals surface area contributed by atoms with Gasteiger partial charge in [-0.2, -0.15) is 0 Å². The summed E-state index contributed by atoms with van der Waals surface area (Å²) in [6, 6.07) is 4.38. The van der Waals surface area contributed by atoms with Crippen LogP contribution < -0.4 is 4.74 Å². The van der Waals surface area contributed by atoms with Gasteiger partial charge in [0.1, 0.15) is 47.4 Å². The first-order chi connectivity index (χ1) is 15.6. The van der Waals surface area contributed by atoms with Crippen molar-refractivity contribution in [2.75, 3.05) is 6.61 Å². The predicted octanol–water partition coefficient (Wildman–Crippen LogP) is -0.494. The largest absolute Gasteiger partial charge is 0.508 e. The number of aliphatic hydroxyl groups excluding tert-OH is 4. The maximum absolute atomic E-state index is 10.3. The van der Waals surface area contributed by atoms with Crippen molar-refractivity contribution in [3.8, 4) is 34.5 Å². The Labute approximate surface area is 186 Å². The topological polar surface area (TPSA) is 210 Å². The van der Waals surface area contributed by atoms with Crippen molar-refractivity contribution >= 4 is 6.08 Å². The number of hydrogen-bond donors (Lipinski definition) is 9. The van der Waals surface area contributed by atoms with Crippen LogP contribution in [-0.4, -0.2) is 83.3 Å². The SMILES string of the molecule is OCC1OC(OC2=Cc3c(O)cc(O)cc3OC2c2cc(O)c(O)c(O)c2)C(O)C(O)C1O. The van der Waals surface area contributed by atoms with E-state index in [1.54, 1.807) is 0 Å². The van der Waals surface area contributed by atoms with Gasteiger partial charge in [-0.25, -0.2) is 0 Å². The van der Waals surface area contributed by atoms with E-state index < -0.39 is 60.7 Å². The highest BCUT2D eigenvalue weighted by Crippen LogP contribution is 2.46. The summed E-state index contributed by atoms with van der Waals surface area (Å²) in [5, 5.41) is 89.2. The van der Waals surface area contributed by atoms with Crippen molar-refractivity contribution in [1.82, 2.24) is 0 Å². The van der Waals surface area contributed by atoms with E-state index in [2.05, 4.69) is 0 Å². The molecule has 6 unspecified atom stereocenters. The molecule has 9 N–H and O–H groups in total. The van der Waals surface area contributed by atoms with Crippen molar-refractivity contribution < 1.29 is 60.2 Å². The molecule has 0 aliphatic carbocycles. The molecule has 0 spiro atoms. The molecule has 0 radical (unpaired) electrons. The smallest absolute Gasteiger partial charge is 0.228 e. The lowest BCUT2D eigenvalue weighted by Crippen LogP contribution is -2.59. The van der Waals surface area contributed by atoms with Gasteiger partial charge in [0, 0.05) is 17.7 Å². The molecule has 12 nitrogen and oxygen atoms in total. The second-order valence-electron chi connectivity index (χ2n) is 7.64. The van der Waals surface area contributed by atoms with Crippen LogP contribution in [0.5, 0.6) is 34.5 Å². The van der Waals surface area contributed by atoms with Crippen LogP contribution in [0, 0.1) is 0 Å². The number of phenolic OH excluding ortho intramolecular Hbond substituents is 5. The molecular weight excluding hydrogens is 444 g/mol. The lowest BCUT2D eigenvalue weighted by atomic mass is 9.98.